The van der Waals surface area contributed by atoms with Crippen LogP contribution in [-0.4, -0.2) is 68.8 Å². The minimum absolute atomic E-state index is 0.127. The summed E-state index contributed by atoms with van der Waals surface area (Å²) >= 11 is 5.99. The molecule has 218 valence electrons. The number of carbonyl (C=O) groups is 1. The first-order valence-electron chi connectivity index (χ1n) is 13.5. The molecular weight excluding hydrogens is 568 g/mol. The van der Waals surface area contributed by atoms with Crippen LogP contribution in [0.3, 0.4) is 0 Å². The SMILES string of the molecule is CCCN(CCN1C[C@H](c2ccc3c(c2)OCO3)[C@H](C(=O)O)[C@H]1c1ccc(OC)cc1)S(=O)(=O)c1ccc(Cl)cc1. The van der Waals surface area contributed by atoms with Gasteiger partial charge >= 0.3 is 5.97 Å². The summed E-state index contributed by atoms with van der Waals surface area (Å²) in [6.07, 6.45) is 0.631. The van der Waals surface area contributed by atoms with E-state index in [2.05, 4.69) is 4.90 Å². The Hall–Kier alpha value is -3.31. The molecule has 0 aromatic heterocycles. The summed E-state index contributed by atoms with van der Waals surface area (Å²) in [5.74, 6) is -0.173. The van der Waals surface area contributed by atoms with Crippen molar-refractivity contribution in [3.8, 4) is 17.2 Å². The van der Waals surface area contributed by atoms with Gasteiger partial charge in [-0.1, -0.05) is 36.7 Å². The maximum atomic E-state index is 13.6. The fourth-order valence-corrected chi connectivity index (χ4v) is 7.39. The van der Waals surface area contributed by atoms with E-state index in [4.69, 9.17) is 25.8 Å². The van der Waals surface area contributed by atoms with Crippen LogP contribution in [0.1, 0.15) is 36.4 Å². The zero-order valence-electron chi connectivity index (χ0n) is 22.9. The molecule has 5 rings (SSSR count). The third-order valence-electron chi connectivity index (χ3n) is 7.73. The van der Waals surface area contributed by atoms with Gasteiger partial charge in [0.2, 0.25) is 16.8 Å². The van der Waals surface area contributed by atoms with E-state index in [1.165, 1.54) is 16.4 Å². The topological polar surface area (TPSA) is 106 Å². The predicted octanol–water partition coefficient (Wildman–Crippen LogP) is 5.02. The molecule has 0 amide bonds. The lowest BCUT2D eigenvalue weighted by Crippen LogP contribution is -2.39. The van der Waals surface area contributed by atoms with E-state index in [1.807, 2.05) is 49.4 Å². The highest BCUT2D eigenvalue weighted by Gasteiger charge is 2.47. The minimum Gasteiger partial charge on any atom is -0.497 e. The number of methoxy groups -OCH3 is 1. The van der Waals surface area contributed by atoms with Crippen molar-refractivity contribution in [2.75, 3.05) is 40.1 Å². The molecule has 3 atom stereocenters. The van der Waals surface area contributed by atoms with Crippen LogP contribution >= 0.6 is 11.6 Å². The van der Waals surface area contributed by atoms with E-state index in [-0.39, 0.29) is 24.2 Å². The molecule has 2 aliphatic heterocycles. The second kappa shape index (κ2) is 12.3. The van der Waals surface area contributed by atoms with Gasteiger partial charge in [-0.15, -0.1) is 0 Å². The van der Waals surface area contributed by atoms with Gasteiger partial charge in [-0.2, -0.15) is 4.31 Å². The third-order valence-corrected chi connectivity index (χ3v) is 9.89. The quantitative estimate of drug-likeness (QED) is 0.327. The number of hydrogen-bond acceptors (Lipinski definition) is 7. The largest absolute Gasteiger partial charge is 0.497 e. The minimum atomic E-state index is -3.78. The van der Waals surface area contributed by atoms with Crippen LogP contribution in [0, 0.1) is 5.92 Å². The molecule has 41 heavy (non-hydrogen) atoms. The van der Waals surface area contributed by atoms with E-state index in [0.29, 0.717) is 48.3 Å². The van der Waals surface area contributed by atoms with Crippen LogP contribution < -0.4 is 14.2 Å². The fraction of sp³-hybridized carbons (Fsp3) is 0.367. The van der Waals surface area contributed by atoms with Crippen LogP contribution in [0.25, 0.3) is 0 Å². The average molecular weight is 601 g/mol. The molecule has 0 aliphatic carbocycles. The van der Waals surface area contributed by atoms with E-state index >= 15 is 0 Å². The number of ether oxygens (including phenoxy) is 3. The molecule has 1 fully saturated rings. The van der Waals surface area contributed by atoms with Crippen LogP contribution in [0.5, 0.6) is 17.2 Å². The van der Waals surface area contributed by atoms with Crippen LogP contribution in [0.2, 0.25) is 5.02 Å². The lowest BCUT2D eigenvalue weighted by Gasteiger charge is -2.30. The fourth-order valence-electron chi connectivity index (χ4n) is 5.74. The van der Waals surface area contributed by atoms with E-state index < -0.39 is 28.0 Å². The van der Waals surface area contributed by atoms with Crippen LogP contribution in [0.4, 0.5) is 0 Å². The molecule has 0 unspecified atom stereocenters. The number of halogens is 1. The number of aliphatic carboxylic acids is 1. The second-order valence-electron chi connectivity index (χ2n) is 10.2. The summed E-state index contributed by atoms with van der Waals surface area (Å²) in [5.41, 5.74) is 1.66. The molecule has 3 aromatic carbocycles. The number of nitrogens with zero attached hydrogens (tertiary/aromatic N) is 2. The molecule has 2 heterocycles. The molecule has 0 bridgehead atoms. The van der Waals surface area contributed by atoms with E-state index in [9.17, 15) is 18.3 Å². The first kappa shape index (κ1) is 29.2. The van der Waals surface area contributed by atoms with Gasteiger partial charge in [-0.05, 0) is 66.1 Å². The molecule has 1 N–H and O–H groups in total. The number of carboxylic acid groups (broad SMARTS) is 1. The summed E-state index contributed by atoms with van der Waals surface area (Å²) in [4.78, 5) is 15.1. The van der Waals surface area contributed by atoms with E-state index in [0.717, 1.165) is 11.1 Å². The predicted molar refractivity (Wildman–Crippen MR) is 154 cm³/mol. The maximum Gasteiger partial charge on any atom is 0.309 e. The molecule has 9 nitrogen and oxygen atoms in total. The summed E-state index contributed by atoms with van der Waals surface area (Å²) in [5, 5.41) is 11.0. The Morgan fingerprint density at radius 2 is 1.71 bits per heavy atom. The molecule has 0 spiro atoms. The molecule has 1 saturated heterocycles. The highest BCUT2D eigenvalue weighted by atomic mass is 35.5. The molecular formula is C30H33ClN2O7S. The molecule has 11 heteroatoms. The Labute approximate surface area is 245 Å². The summed E-state index contributed by atoms with van der Waals surface area (Å²) in [6, 6.07) is 18.6. The van der Waals surface area contributed by atoms with Gasteiger partial charge in [-0.25, -0.2) is 8.42 Å². The number of carboxylic acids is 1. The summed E-state index contributed by atoms with van der Waals surface area (Å²) in [6.45, 7) is 3.35. The van der Waals surface area contributed by atoms with Gasteiger partial charge in [-0.3, -0.25) is 9.69 Å². The normalized spacial score (nSPS) is 20.4. The van der Waals surface area contributed by atoms with Gasteiger partial charge in [0.1, 0.15) is 5.75 Å². The Bertz CT molecular complexity index is 1480. The maximum absolute atomic E-state index is 13.6. The molecule has 0 saturated carbocycles. The van der Waals surface area contributed by atoms with Gasteiger partial charge in [0.15, 0.2) is 11.5 Å². The molecule has 2 aliphatic rings. The Kier molecular flexibility index (Phi) is 8.74. The van der Waals surface area contributed by atoms with Crippen molar-refractivity contribution in [1.29, 1.82) is 0 Å². The smallest absolute Gasteiger partial charge is 0.309 e. The Balaban J connectivity index is 1.48. The lowest BCUT2D eigenvalue weighted by molar-refractivity contribution is -0.143. The lowest BCUT2D eigenvalue weighted by atomic mass is 9.82. The number of benzene rings is 3. The van der Waals surface area contributed by atoms with Gasteiger partial charge in [0.05, 0.1) is 17.9 Å². The second-order valence-corrected chi connectivity index (χ2v) is 12.5. The van der Waals surface area contributed by atoms with Crippen molar-refractivity contribution >= 4 is 27.6 Å². The monoisotopic (exact) mass is 600 g/mol. The number of sulfonamides is 1. The Morgan fingerprint density at radius 1 is 1.02 bits per heavy atom. The van der Waals surface area contributed by atoms with Gasteiger partial charge < -0.3 is 19.3 Å². The van der Waals surface area contributed by atoms with Crippen molar-refractivity contribution in [2.45, 2.75) is 30.2 Å². The first-order valence-corrected chi connectivity index (χ1v) is 15.3. The van der Waals surface area contributed by atoms with Crippen molar-refractivity contribution < 1.29 is 32.5 Å². The standard InChI is InChI=1S/C30H33ClN2O7S/c1-3-14-33(41(36,37)24-11-7-22(31)8-12-24)16-15-32-18-25(21-6-13-26-27(17-21)40-19-39-26)28(30(34)35)29(32)20-4-9-23(38-2)10-5-20/h4-13,17,25,28-29H,3,14-16,18-19H2,1-2H3,(H,34,35)/t25-,28+,29-/m1/s1. The van der Waals surface area contributed by atoms with Gasteiger partial charge in [0.25, 0.3) is 0 Å². The number of likely N-dealkylation sites (tertiary alicyclic amines) is 1. The average Bonchev–Trinajstić information content (AvgIpc) is 3.60. The zero-order chi connectivity index (χ0) is 29.1. The summed E-state index contributed by atoms with van der Waals surface area (Å²) in [7, 11) is -2.20. The van der Waals surface area contributed by atoms with Crippen molar-refractivity contribution in [2.24, 2.45) is 5.92 Å². The zero-order valence-corrected chi connectivity index (χ0v) is 24.5. The highest BCUT2D eigenvalue weighted by molar-refractivity contribution is 7.89. The number of rotatable bonds is 11. The first-order chi connectivity index (χ1) is 19.7. The Morgan fingerprint density at radius 3 is 2.37 bits per heavy atom. The van der Waals surface area contributed by atoms with Crippen molar-refractivity contribution in [3.05, 3.63) is 82.9 Å². The number of hydrogen-bond donors (Lipinski definition) is 1. The molecule has 3 aromatic rings. The van der Waals surface area contributed by atoms with Crippen molar-refractivity contribution in [3.63, 3.8) is 0 Å². The van der Waals surface area contributed by atoms with Gasteiger partial charge in [0, 0.05) is 43.2 Å². The highest BCUT2D eigenvalue weighted by Crippen LogP contribution is 2.47. The number of fused-ring (bicyclic) bond motifs is 1. The van der Waals surface area contributed by atoms with E-state index in [1.54, 1.807) is 19.2 Å². The van der Waals surface area contributed by atoms with Crippen LogP contribution in [0.15, 0.2) is 71.6 Å². The molecule has 0 radical (unpaired) electrons. The van der Waals surface area contributed by atoms with Crippen LogP contribution in [-0.2, 0) is 14.8 Å². The van der Waals surface area contributed by atoms with Crippen molar-refractivity contribution in [1.82, 2.24) is 9.21 Å². The summed E-state index contributed by atoms with van der Waals surface area (Å²) < 4.78 is 44.9. The third kappa shape index (κ3) is 6.01.